The van der Waals surface area contributed by atoms with E-state index in [1.165, 1.54) is 36.5 Å². The van der Waals surface area contributed by atoms with Crippen LogP contribution in [0.1, 0.15) is 16.1 Å². The van der Waals surface area contributed by atoms with E-state index in [1.807, 2.05) is 0 Å². The number of hydrogen-bond donors (Lipinski definition) is 2. The first kappa shape index (κ1) is 15.5. The minimum absolute atomic E-state index is 0.181. The molecule has 3 rings (SSSR count). The van der Waals surface area contributed by atoms with Crippen molar-refractivity contribution in [3.8, 4) is 11.3 Å². The van der Waals surface area contributed by atoms with Crippen LogP contribution in [0.3, 0.4) is 0 Å². The van der Waals surface area contributed by atoms with Crippen LogP contribution < -0.4 is 5.43 Å². The predicted molar refractivity (Wildman–Crippen MR) is 85.4 cm³/mol. The van der Waals surface area contributed by atoms with Crippen molar-refractivity contribution >= 4 is 12.1 Å². The maximum atomic E-state index is 13.4. The van der Waals surface area contributed by atoms with Crippen LogP contribution in [0.15, 0.2) is 59.7 Å². The van der Waals surface area contributed by atoms with Gasteiger partial charge in [0.1, 0.15) is 17.3 Å². The zero-order valence-electron chi connectivity index (χ0n) is 12.3. The number of aromatic amines is 1. The van der Waals surface area contributed by atoms with Crippen molar-refractivity contribution < 1.29 is 13.6 Å². The number of hydrogen-bond acceptors (Lipinski definition) is 3. The fourth-order valence-electron chi connectivity index (χ4n) is 2.01. The highest BCUT2D eigenvalue weighted by molar-refractivity contribution is 5.94. The monoisotopic (exact) mass is 326 g/mol. The van der Waals surface area contributed by atoms with Crippen molar-refractivity contribution in [1.82, 2.24) is 15.6 Å². The number of amides is 1. The first-order chi connectivity index (χ1) is 11.6. The van der Waals surface area contributed by atoms with Crippen molar-refractivity contribution in [3.05, 3.63) is 77.5 Å². The Morgan fingerprint density at radius 1 is 1.12 bits per heavy atom. The molecular weight excluding hydrogens is 314 g/mol. The number of nitrogens with one attached hydrogen (secondary N) is 2. The third-order valence-electron chi connectivity index (χ3n) is 3.24. The fourth-order valence-corrected chi connectivity index (χ4v) is 2.01. The van der Waals surface area contributed by atoms with Gasteiger partial charge in [0.05, 0.1) is 11.9 Å². The van der Waals surface area contributed by atoms with Crippen LogP contribution in [0.4, 0.5) is 8.78 Å². The maximum absolute atomic E-state index is 13.4. The summed E-state index contributed by atoms with van der Waals surface area (Å²) in [6, 6.07) is 13.3. The number of nitrogens with zero attached hydrogens (tertiary/aromatic N) is 2. The van der Waals surface area contributed by atoms with Crippen molar-refractivity contribution in [2.24, 2.45) is 5.10 Å². The van der Waals surface area contributed by atoms with Gasteiger partial charge in [0.2, 0.25) is 0 Å². The van der Waals surface area contributed by atoms with Gasteiger partial charge in [-0.1, -0.05) is 18.2 Å². The standard InChI is InChI=1S/C17H12F2N4O/c18-13-7-5-11(6-8-13)15-9-16(22-21-15)17(24)23-20-10-12-3-1-2-4-14(12)19/h1-10H,(H,21,22)(H,23,24). The van der Waals surface area contributed by atoms with Gasteiger partial charge in [-0.3, -0.25) is 9.89 Å². The first-order valence-electron chi connectivity index (χ1n) is 7.03. The second-order valence-corrected chi connectivity index (χ2v) is 4.89. The lowest BCUT2D eigenvalue weighted by molar-refractivity contribution is 0.0950. The number of halogens is 2. The number of H-pyrrole nitrogens is 1. The summed E-state index contributed by atoms with van der Waals surface area (Å²) in [7, 11) is 0. The van der Waals surface area contributed by atoms with E-state index in [4.69, 9.17) is 0 Å². The third-order valence-corrected chi connectivity index (χ3v) is 3.24. The van der Waals surface area contributed by atoms with Crippen LogP contribution in [0, 0.1) is 11.6 Å². The molecule has 24 heavy (non-hydrogen) atoms. The molecule has 0 spiro atoms. The van der Waals surface area contributed by atoms with Crippen molar-refractivity contribution in [2.75, 3.05) is 0 Å². The number of carbonyl (C=O) groups excluding carboxylic acids is 1. The van der Waals surface area contributed by atoms with E-state index in [1.54, 1.807) is 24.3 Å². The fraction of sp³-hybridized carbons (Fsp3) is 0. The number of rotatable bonds is 4. The molecule has 0 aliphatic rings. The zero-order valence-corrected chi connectivity index (χ0v) is 12.3. The Labute approximate surface area is 136 Å². The first-order valence-corrected chi connectivity index (χ1v) is 7.03. The van der Waals surface area contributed by atoms with Crippen LogP contribution in [-0.2, 0) is 0 Å². The molecule has 1 amide bonds. The molecule has 0 radical (unpaired) electrons. The number of carbonyl (C=O) groups is 1. The highest BCUT2D eigenvalue weighted by atomic mass is 19.1. The molecule has 2 aromatic carbocycles. The second-order valence-electron chi connectivity index (χ2n) is 4.89. The van der Waals surface area contributed by atoms with Crippen molar-refractivity contribution in [2.45, 2.75) is 0 Å². The number of benzene rings is 2. The molecule has 3 aromatic rings. The molecule has 0 saturated carbocycles. The van der Waals surface area contributed by atoms with Gasteiger partial charge in [0.15, 0.2) is 0 Å². The summed E-state index contributed by atoms with van der Waals surface area (Å²) >= 11 is 0. The Morgan fingerprint density at radius 2 is 1.88 bits per heavy atom. The molecular formula is C17H12F2N4O. The van der Waals surface area contributed by atoms with Crippen LogP contribution in [0.2, 0.25) is 0 Å². The van der Waals surface area contributed by atoms with Gasteiger partial charge in [-0.2, -0.15) is 10.2 Å². The summed E-state index contributed by atoms with van der Waals surface area (Å²) in [4.78, 5) is 12.0. The van der Waals surface area contributed by atoms with Gasteiger partial charge >= 0.3 is 0 Å². The zero-order chi connectivity index (χ0) is 16.9. The Balaban J connectivity index is 1.68. The molecule has 1 aromatic heterocycles. The highest BCUT2D eigenvalue weighted by Gasteiger charge is 2.10. The van der Waals surface area contributed by atoms with Crippen molar-refractivity contribution in [3.63, 3.8) is 0 Å². The molecule has 0 atom stereocenters. The van der Waals surface area contributed by atoms with Crippen LogP contribution in [-0.4, -0.2) is 22.3 Å². The molecule has 5 nitrogen and oxygen atoms in total. The molecule has 7 heteroatoms. The topological polar surface area (TPSA) is 70.1 Å². The summed E-state index contributed by atoms with van der Waals surface area (Å²) in [5.74, 6) is -1.31. The lowest BCUT2D eigenvalue weighted by atomic mass is 10.1. The summed E-state index contributed by atoms with van der Waals surface area (Å²) in [5.41, 5.74) is 3.89. The summed E-state index contributed by atoms with van der Waals surface area (Å²) in [5, 5.41) is 10.3. The van der Waals surface area contributed by atoms with Gasteiger partial charge in [-0.05, 0) is 36.4 Å². The normalized spacial score (nSPS) is 10.9. The lowest BCUT2D eigenvalue weighted by Gasteiger charge is -1.97. The molecule has 1 heterocycles. The van der Waals surface area contributed by atoms with E-state index in [0.29, 0.717) is 11.3 Å². The smallest absolute Gasteiger partial charge is 0.272 e. The Morgan fingerprint density at radius 3 is 2.62 bits per heavy atom. The molecule has 0 aliphatic heterocycles. The van der Waals surface area contributed by atoms with Crippen LogP contribution in [0.5, 0.6) is 0 Å². The molecule has 120 valence electrons. The summed E-state index contributed by atoms with van der Waals surface area (Å²) in [6.07, 6.45) is 1.21. The van der Waals surface area contributed by atoms with E-state index in [2.05, 4.69) is 20.7 Å². The van der Waals surface area contributed by atoms with Gasteiger partial charge in [-0.15, -0.1) is 0 Å². The largest absolute Gasteiger partial charge is 0.289 e. The minimum atomic E-state index is -0.525. The average molecular weight is 326 g/mol. The van der Waals surface area contributed by atoms with E-state index in [9.17, 15) is 13.6 Å². The predicted octanol–water partition coefficient (Wildman–Crippen LogP) is 3.12. The average Bonchev–Trinajstić information content (AvgIpc) is 3.07. The molecule has 0 unspecified atom stereocenters. The maximum Gasteiger partial charge on any atom is 0.289 e. The quantitative estimate of drug-likeness (QED) is 0.571. The molecule has 0 fully saturated rings. The lowest BCUT2D eigenvalue weighted by Crippen LogP contribution is -2.18. The SMILES string of the molecule is O=C(NN=Cc1ccccc1F)c1cc(-c2ccc(F)cc2)n[nH]1. The third kappa shape index (κ3) is 3.52. The van der Waals surface area contributed by atoms with Crippen LogP contribution >= 0.6 is 0 Å². The second kappa shape index (κ2) is 6.82. The molecule has 0 aliphatic carbocycles. The van der Waals surface area contributed by atoms with E-state index < -0.39 is 11.7 Å². The van der Waals surface area contributed by atoms with Gasteiger partial charge in [0.25, 0.3) is 5.91 Å². The minimum Gasteiger partial charge on any atom is -0.272 e. The van der Waals surface area contributed by atoms with E-state index in [0.717, 1.165) is 0 Å². The molecule has 0 saturated heterocycles. The Bertz CT molecular complexity index is 888. The van der Waals surface area contributed by atoms with Gasteiger partial charge in [0, 0.05) is 11.1 Å². The van der Waals surface area contributed by atoms with Gasteiger partial charge in [-0.25, -0.2) is 14.2 Å². The van der Waals surface area contributed by atoms with Crippen LogP contribution in [0.25, 0.3) is 11.3 Å². The Kier molecular flexibility index (Phi) is 4.42. The summed E-state index contributed by atoms with van der Waals surface area (Å²) < 4.78 is 26.3. The summed E-state index contributed by atoms with van der Waals surface area (Å²) in [6.45, 7) is 0. The molecule has 2 N–H and O–H groups in total. The Hall–Kier alpha value is -3.35. The number of hydrazone groups is 1. The van der Waals surface area contributed by atoms with E-state index in [-0.39, 0.29) is 17.1 Å². The number of aromatic nitrogens is 2. The van der Waals surface area contributed by atoms with E-state index >= 15 is 0 Å². The molecule has 0 bridgehead atoms. The van der Waals surface area contributed by atoms with Crippen molar-refractivity contribution in [1.29, 1.82) is 0 Å². The van der Waals surface area contributed by atoms with Gasteiger partial charge < -0.3 is 0 Å². The highest BCUT2D eigenvalue weighted by Crippen LogP contribution is 2.17.